The third-order valence-electron chi connectivity index (χ3n) is 4.95. The fourth-order valence-corrected chi connectivity index (χ4v) is 4.48. The first kappa shape index (κ1) is 15.6. The molecule has 0 N–H and O–H groups in total. The van der Waals surface area contributed by atoms with Gasteiger partial charge in [0.05, 0.1) is 10.2 Å². The summed E-state index contributed by atoms with van der Waals surface area (Å²) in [5.74, 6) is 0. The van der Waals surface area contributed by atoms with Gasteiger partial charge in [0.1, 0.15) is 5.52 Å². The zero-order valence-corrected chi connectivity index (χ0v) is 15.5. The number of hydrogen-bond donors (Lipinski definition) is 0. The van der Waals surface area contributed by atoms with Crippen molar-refractivity contribution in [1.82, 2.24) is 9.97 Å². The molecule has 4 aromatic rings. The average molecular weight is 364 g/mol. The van der Waals surface area contributed by atoms with E-state index in [-0.39, 0.29) is 0 Å². The number of aromatic nitrogens is 2. The molecule has 5 nitrogen and oxygen atoms in total. The smallest absolute Gasteiger partial charge is 0.298 e. The molecule has 1 saturated heterocycles. The molecule has 1 aliphatic rings. The summed E-state index contributed by atoms with van der Waals surface area (Å²) in [6, 6.07) is 15.2. The zero-order valence-electron chi connectivity index (χ0n) is 14.7. The van der Waals surface area contributed by atoms with Crippen LogP contribution < -0.4 is 9.80 Å². The number of fused-ring (bicyclic) bond motifs is 2. The molecule has 0 unspecified atom stereocenters. The number of para-hydroxylation sites is 2. The van der Waals surface area contributed by atoms with E-state index < -0.39 is 0 Å². The molecule has 0 saturated carbocycles. The Morgan fingerprint density at radius 1 is 0.962 bits per heavy atom. The summed E-state index contributed by atoms with van der Waals surface area (Å²) < 4.78 is 7.18. The maximum Gasteiger partial charge on any atom is 0.298 e. The number of aryl methyl sites for hydroxylation is 1. The number of hydrogen-bond acceptors (Lipinski definition) is 6. The van der Waals surface area contributed by atoms with Crippen molar-refractivity contribution in [3.63, 3.8) is 0 Å². The van der Waals surface area contributed by atoms with Crippen LogP contribution in [0.1, 0.15) is 12.5 Å². The molecule has 0 amide bonds. The van der Waals surface area contributed by atoms with Gasteiger partial charge in [-0.15, -0.1) is 0 Å². The monoisotopic (exact) mass is 364 g/mol. The Bertz CT molecular complexity index is 1030. The summed E-state index contributed by atoms with van der Waals surface area (Å²) in [6.07, 6.45) is 1.06. The van der Waals surface area contributed by atoms with Crippen molar-refractivity contribution >= 4 is 43.8 Å². The lowest BCUT2D eigenvalue weighted by atomic mass is 10.2. The zero-order chi connectivity index (χ0) is 17.5. The Morgan fingerprint density at radius 2 is 1.77 bits per heavy atom. The summed E-state index contributed by atoms with van der Waals surface area (Å²) in [6.45, 7) is 5.83. The van der Waals surface area contributed by atoms with Crippen LogP contribution in [-0.4, -0.2) is 36.1 Å². The van der Waals surface area contributed by atoms with Crippen LogP contribution >= 0.6 is 11.3 Å². The van der Waals surface area contributed by atoms with E-state index in [9.17, 15) is 0 Å². The minimum atomic E-state index is 0.725. The molecule has 6 heteroatoms. The van der Waals surface area contributed by atoms with Crippen molar-refractivity contribution < 1.29 is 4.42 Å². The second kappa shape index (κ2) is 6.29. The van der Waals surface area contributed by atoms with Crippen LogP contribution in [0.5, 0.6) is 0 Å². The lowest BCUT2D eigenvalue weighted by molar-refractivity contribution is 0.542. The van der Waals surface area contributed by atoms with Gasteiger partial charge in [-0.2, -0.15) is 4.98 Å². The average Bonchev–Trinajstić information content (AvgIpc) is 3.31. The predicted molar refractivity (Wildman–Crippen MR) is 107 cm³/mol. The van der Waals surface area contributed by atoms with E-state index in [1.165, 1.54) is 10.3 Å². The number of oxazole rings is 1. The standard InChI is InChI=1S/C20H20N4OS/c1-2-14-7-8-16-18(13-14)26-20(22-16)24-11-9-23(10-12-24)19-21-15-5-3-4-6-17(15)25-19/h3-8,13H,2,9-12H2,1H3. The highest BCUT2D eigenvalue weighted by Gasteiger charge is 2.23. The second-order valence-corrected chi connectivity index (χ2v) is 7.60. The van der Waals surface area contributed by atoms with Gasteiger partial charge in [-0.1, -0.05) is 36.5 Å². The summed E-state index contributed by atoms with van der Waals surface area (Å²) in [7, 11) is 0. The van der Waals surface area contributed by atoms with Crippen molar-refractivity contribution in [1.29, 1.82) is 0 Å². The third-order valence-corrected chi connectivity index (χ3v) is 6.03. The number of nitrogens with zero attached hydrogens (tertiary/aromatic N) is 4. The van der Waals surface area contributed by atoms with Gasteiger partial charge in [-0.05, 0) is 36.2 Å². The summed E-state index contributed by atoms with van der Waals surface area (Å²) >= 11 is 1.79. The predicted octanol–water partition coefficient (Wildman–Crippen LogP) is 4.33. The van der Waals surface area contributed by atoms with Gasteiger partial charge in [0.25, 0.3) is 6.01 Å². The van der Waals surface area contributed by atoms with Crippen LogP contribution in [-0.2, 0) is 6.42 Å². The molecular formula is C20H20N4OS. The molecule has 1 fully saturated rings. The fourth-order valence-electron chi connectivity index (χ4n) is 3.40. The van der Waals surface area contributed by atoms with Crippen LogP contribution in [0.3, 0.4) is 0 Å². The van der Waals surface area contributed by atoms with Gasteiger partial charge in [0, 0.05) is 26.2 Å². The molecule has 2 aromatic heterocycles. The van der Waals surface area contributed by atoms with Crippen LogP contribution in [0.15, 0.2) is 46.9 Å². The third kappa shape index (κ3) is 2.70. The van der Waals surface area contributed by atoms with Crippen molar-refractivity contribution in [2.24, 2.45) is 0 Å². The van der Waals surface area contributed by atoms with Gasteiger partial charge in [0.2, 0.25) is 0 Å². The van der Waals surface area contributed by atoms with E-state index in [0.29, 0.717) is 0 Å². The molecule has 3 heterocycles. The van der Waals surface area contributed by atoms with Crippen LogP contribution in [0.25, 0.3) is 21.3 Å². The molecule has 5 rings (SSSR count). The number of rotatable bonds is 3. The number of thiazole rings is 1. The van der Waals surface area contributed by atoms with Crippen molar-refractivity contribution in [2.75, 3.05) is 36.0 Å². The van der Waals surface area contributed by atoms with E-state index >= 15 is 0 Å². The number of anilines is 2. The van der Waals surface area contributed by atoms with E-state index in [4.69, 9.17) is 9.40 Å². The quantitative estimate of drug-likeness (QED) is 0.541. The van der Waals surface area contributed by atoms with Crippen LogP contribution in [0.2, 0.25) is 0 Å². The minimum absolute atomic E-state index is 0.725. The lowest BCUT2D eigenvalue weighted by Crippen LogP contribution is -2.46. The molecule has 2 aromatic carbocycles. The Labute approximate surface area is 155 Å². The van der Waals surface area contributed by atoms with Crippen molar-refractivity contribution in [3.8, 4) is 0 Å². The number of benzene rings is 2. The molecule has 1 aliphatic heterocycles. The second-order valence-electron chi connectivity index (χ2n) is 6.59. The molecule has 0 bridgehead atoms. The maximum absolute atomic E-state index is 5.91. The first-order valence-corrected chi connectivity index (χ1v) is 9.87. The maximum atomic E-state index is 5.91. The Hall–Kier alpha value is -2.60. The van der Waals surface area contributed by atoms with E-state index in [1.54, 1.807) is 11.3 Å². The van der Waals surface area contributed by atoms with E-state index in [1.807, 2.05) is 24.3 Å². The highest BCUT2D eigenvalue weighted by atomic mass is 32.1. The van der Waals surface area contributed by atoms with Gasteiger partial charge >= 0.3 is 0 Å². The summed E-state index contributed by atoms with van der Waals surface area (Å²) in [4.78, 5) is 14.0. The molecule has 0 radical (unpaired) electrons. The van der Waals surface area contributed by atoms with Gasteiger partial charge in [-0.25, -0.2) is 4.98 Å². The first-order valence-electron chi connectivity index (χ1n) is 9.05. The molecular weight excluding hydrogens is 344 g/mol. The highest BCUT2D eigenvalue weighted by Crippen LogP contribution is 2.31. The van der Waals surface area contributed by atoms with Gasteiger partial charge in [-0.3, -0.25) is 0 Å². The van der Waals surface area contributed by atoms with Crippen LogP contribution in [0.4, 0.5) is 11.1 Å². The largest absolute Gasteiger partial charge is 0.423 e. The fraction of sp³-hybridized carbons (Fsp3) is 0.300. The molecule has 0 aliphatic carbocycles. The molecule has 0 atom stereocenters. The van der Waals surface area contributed by atoms with Gasteiger partial charge in [0.15, 0.2) is 10.7 Å². The topological polar surface area (TPSA) is 45.4 Å². The Kier molecular flexibility index (Phi) is 3.78. The number of piperazine rings is 1. The van der Waals surface area contributed by atoms with Gasteiger partial charge < -0.3 is 14.2 Å². The minimum Gasteiger partial charge on any atom is -0.423 e. The van der Waals surface area contributed by atoms with E-state index in [2.05, 4.69) is 39.9 Å². The lowest BCUT2D eigenvalue weighted by Gasteiger charge is -2.33. The van der Waals surface area contributed by atoms with Crippen LogP contribution in [0, 0.1) is 0 Å². The van der Waals surface area contributed by atoms with Crippen molar-refractivity contribution in [3.05, 3.63) is 48.0 Å². The molecule has 132 valence electrons. The SMILES string of the molecule is CCc1ccc2nc(N3CCN(c4nc5ccccc5o4)CC3)sc2c1. The summed E-state index contributed by atoms with van der Waals surface area (Å²) in [5, 5.41) is 1.12. The highest BCUT2D eigenvalue weighted by molar-refractivity contribution is 7.22. The normalized spacial score (nSPS) is 15.3. The van der Waals surface area contributed by atoms with E-state index in [0.717, 1.165) is 60.4 Å². The first-order chi connectivity index (χ1) is 12.8. The Morgan fingerprint density at radius 3 is 2.58 bits per heavy atom. The molecule has 26 heavy (non-hydrogen) atoms. The summed E-state index contributed by atoms with van der Waals surface area (Å²) in [5.41, 5.74) is 4.24. The molecule has 0 spiro atoms. The Balaban J connectivity index is 1.33. The van der Waals surface area contributed by atoms with Crippen molar-refractivity contribution in [2.45, 2.75) is 13.3 Å².